The first-order valence-electron chi connectivity index (χ1n) is 35.6. The van der Waals surface area contributed by atoms with Crippen molar-refractivity contribution in [1.29, 1.82) is 0 Å². The number of nitrogens with two attached hydrogens (primary N) is 3. The van der Waals surface area contributed by atoms with Gasteiger partial charge in [-0.2, -0.15) is 0 Å². The smallest absolute Gasteiger partial charge is 0.407 e. The number of nitrogens with one attached hydrogen (secondary N) is 10. The maximum atomic E-state index is 12.4. The van der Waals surface area contributed by atoms with Gasteiger partial charge in [-0.3, -0.25) is 33.6 Å². The first-order valence-corrected chi connectivity index (χ1v) is 35.6. The lowest BCUT2D eigenvalue weighted by molar-refractivity contribution is -0.122. The van der Waals surface area contributed by atoms with Crippen LogP contribution in [0.4, 0.5) is 19.2 Å². The number of unbranched alkanes of at least 4 members (excludes halogenated alkanes) is 4. The van der Waals surface area contributed by atoms with Gasteiger partial charge >= 0.3 is 24.4 Å². The highest BCUT2D eigenvalue weighted by Crippen LogP contribution is 2.10. The fraction of sp³-hybridized carbons (Fsp3) is 0.657. The molecule has 2 atom stereocenters. The zero-order valence-corrected chi connectivity index (χ0v) is 63.5. The highest BCUT2D eigenvalue weighted by atomic mass is 16.6. The average molecular weight is 1530 g/mol. The number of nitrogens with zero attached hydrogens (tertiary/aromatic N) is 1. The third-order valence-electron chi connectivity index (χ3n) is 14.8. The number of hydrogen-bond donors (Lipinski definition) is 13. The molecule has 2 aromatic rings. The third kappa shape index (κ3) is 55.2. The lowest BCUT2D eigenvalue weighted by Crippen LogP contribution is -2.39. The molecule has 10 amide bonds. The molecule has 0 fully saturated rings. The second-order valence-electron chi connectivity index (χ2n) is 23.5. The number of oxime groups is 1. The normalized spacial score (nSPS) is 11.4. The fourth-order valence-electron chi connectivity index (χ4n) is 8.71. The van der Waals surface area contributed by atoms with Gasteiger partial charge in [0.05, 0.1) is 50.8 Å². The van der Waals surface area contributed by atoms with E-state index in [9.17, 15) is 52.7 Å². The molecule has 2 aromatic carbocycles. The van der Waals surface area contributed by atoms with Gasteiger partial charge in [-0.05, 0) is 135 Å². The van der Waals surface area contributed by atoms with E-state index in [1.807, 2.05) is 6.92 Å². The van der Waals surface area contributed by atoms with Crippen LogP contribution in [0.2, 0.25) is 0 Å². The third-order valence-corrected chi connectivity index (χ3v) is 14.8. The highest BCUT2D eigenvalue weighted by Gasteiger charge is 2.20. The average Bonchev–Trinajstić information content (AvgIpc) is 0.879. The number of alkyl carbamates (subject to hydrolysis) is 4. The molecule has 37 heteroatoms. The Hall–Kier alpha value is -8.92. The number of hydrogen-bond acceptors (Lipinski definition) is 27. The summed E-state index contributed by atoms with van der Waals surface area (Å²) in [6.07, 6.45) is 4.55. The Bertz CT molecular complexity index is 2760. The Morgan fingerprint density at radius 1 is 0.383 bits per heavy atom. The summed E-state index contributed by atoms with van der Waals surface area (Å²) in [6, 6.07) is 12.9. The molecule has 0 aliphatic heterocycles. The summed E-state index contributed by atoms with van der Waals surface area (Å²) in [4.78, 5) is 139. The molecule has 16 N–H and O–H groups in total. The van der Waals surface area contributed by atoms with Crippen molar-refractivity contribution in [3.05, 3.63) is 70.8 Å². The number of amides is 10. The van der Waals surface area contributed by atoms with Gasteiger partial charge in [0.25, 0.3) is 11.8 Å². The van der Waals surface area contributed by atoms with Crippen molar-refractivity contribution >= 4 is 71.3 Å². The van der Waals surface area contributed by atoms with Crippen molar-refractivity contribution in [2.45, 2.75) is 128 Å². The molecule has 0 aliphatic carbocycles. The van der Waals surface area contributed by atoms with Crippen LogP contribution < -0.4 is 70.5 Å². The maximum absolute atomic E-state index is 12.4. The highest BCUT2D eigenvalue weighted by molar-refractivity contribution is 6.00. The first-order chi connectivity index (χ1) is 51.6. The predicted molar refractivity (Wildman–Crippen MR) is 395 cm³/mol. The summed E-state index contributed by atoms with van der Waals surface area (Å²) in [7, 11) is 9.44. The number of carbonyl (C=O) groups excluding carboxylic acids is 11. The summed E-state index contributed by atoms with van der Waals surface area (Å²) in [5, 5.41) is 31.3. The monoisotopic (exact) mass is 1520 g/mol. The number of Topliss-reactive ketones (excluding diaryl/α,β-unsaturated/α-hetero) is 1. The minimum Gasteiger partial charge on any atom is -0.447 e. The van der Waals surface area contributed by atoms with Crippen LogP contribution in [-0.2, 0) is 76.2 Å². The van der Waals surface area contributed by atoms with E-state index in [1.165, 1.54) is 35.4 Å². The van der Waals surface area contributed by atoms with Gasteiger partial charge in [-0.1, -0.05) is 29.4 Å². The van der Waals surface area contributed by atoms with Crippen molar-refractivity contribution in [1.82, 2.24) is 53.2 Å². The number of methoxy groups -OCH3 is 4. The van der Waals surface area contributed by atoms with Crippen molar-refractivity contribution in [2.24, 2.45) is 22.5 Å². The van der Waals surface area contributed by atoms with E-state index in [0.717, 1.165) is 44.1 Å². The van der Waals surface area contributed by atoms with Crippen LogP contribution in [0.15, 0.2) is 53.7 Å². The minimum atomic E-state index is -0.730. The topological polar surface area (TPSA) is 509 Å². The van der Waals surface area contributed by atoms with Crippen molar-refractivity contribution in [2.75, 3.05) is 174 Å². The minimum absolute atomic E-state index is 0.0273. The molecule has 0 saturated heterocycles. The standard InChI is InChI=1S/C35H59N7O11.C19H38N4O9.C16H23N3O3/c1-26(27-12-14-28(15-13-27)33(45)39-17-6-5-10-30(37-2)32(36)44)42-53-21-8-7-16-38-31(43)11-9-20-50-29(24-51-34(46)40-18-22-48-3)25-52-35(47)41-19-23-49-4;1-27-12-8-22-18(25)30-14-16(15-31-19(26)23-9-13-28-2)29-10-5-6-17(24)21-7-3-4-11-32-20;1-11(20)12-6-8-13(9-7-12)16(22)19-10-4-3-5-14(18-2)15(17)21/h12-15,29-30,37H,5-11,16-25H2,1-4H3,(H2,36,44)(H,38,43)(H,39,45)(H,40,46)(H,41,47);16H,3-15,20H2,1-2H3,(H,21,24)(H,22,25)(H,23,26);6-9,14,18H,3-5,10H2,1-2H3,(H2,17,21)(H,19,22)/b42-26-;;/t30-;;14-/m0.0/s1. The van der Waals surface area contributed by atoms with Crippen LogP contribution in [-0.4, -0.2) is 270 Å². The van der Waals surface area contributed by atoms with Gasteiger partial charge in [0.2, 0.25) is 23.6 Å². The van der Waals surface area contributed by atoms with Crippen molar-refractivity contribution in [3.8, 4) is 0 Å². The summed E-state index contributed by atoms with van der Waals surface area (Å²) in [5.74, 6) is 3.57. The predicted octanol–water partition coefficient (Wildman–Crippen LogP) is 1.75. The van der Waals surface area contributed by atoms with Gasteiger partial charge in [-0.25, -0.2) is 25.1 Å². The number of primary amides is 2. The van der Waals surface area contributed by atoms with Crippen LogP contribution >= 0.6 is 0 Å². The molecule has 0 heterocycles. The largest absolute Gasteiger partial charge is 0.447 e. The van der Waals surface area contributed by atoms with E-state index in [1.54, 1.807) is 62.6 Å². The zero-order chi connectivity index (χ0) is 79.5. The summed E-state index contributed by atoms with van der Waals surface area (Å²) in [6.45, 7) is 8.51. The summed E-state index contributed by atoms with van der Waals surface area (Å²) < 4.78 is 51.2. The van der Waals surface area contributed by atoms with E-state index in [-0.39, 0.29) is 119 Å². The van der Waals surface area contributed by atoms with E-state index in [4.69, 9.17) is 69.6 Å². The van der Waals surface area contributed by atoms with E-state index >= 15 is 0 Å². The van der Waals surface area contributed by atoms with Gasteiger partial charge in [-0.15, -0.1) is 0 Å². The number of ketones is 1. The second kappa shape index (κ2) is 66.5. The van der Waals surface area contributed by atoms with Gasteiger partial charge in [0.15, 0.2) is 5.78 Å². The summed E-state index contributed by atoms with van der Waals surface area (Å²) >= 11 is 0. The van der Waals surface area contributed by atoms with Crippen molar-refractivity contribution < 1.29 is 110 Å². The maximum Gasteiger partial charge on any atom is 0.407 e. The van der Waals surface area contributed by atoms with Crippen LogP contribution in [0.25, 0.3) is 0 Å². The molecule has 37 nitrogen and oxygen atoms in total. The van der Waals surface area contributed by atoms with Crippen LogP contribution in [0.3, 0.4) is 0 Å². The molecule has 0 spiro atoms. The molecule has 0 aliphatic rings. The lowest BCUT2D eigenvalue weighted by Gasteiger charge is -2.18. The van der Waals surface area contributed by atoms with E-state index in [0.29, 0.717) is 140 Å². The lowest BCUT2D eigenvalue weighted by atomic mass is 10.1. The quantitative estimate of drug-likeness (QED) is 0.0147. The molecular weight excluding hydrogens is 1400 g/mol. The Morgan fingerprint density at radius 2 is 0.710 bits per heavy atom. The molecule has 0 saturated carbocycles. The number of rotatable bonds is 59. The molecule has 0 radical (unpaired) electrons. The van der Waals surface area contributed by atoms with Gasteiger partial charge in [0, 0.05) is 124 Å². The van der Waals surface area contributed by atoms with E-state index < -0.39 is 36.6 Å². The Labute approximate surface area is 627 Å². The van der Waals surface area contributed by atoms with Crippen LogP contribution in [0.1, 0.15) is 140 Å². The molecule has 0 unspecified atom stereocenters. The molecular formula is C70H120N14O23. The second-order valence-corrected chi connectivity index (χ2v) is 23.5. The zero-order valence-electron chi connectivity index (χ0n) is 63.5. The fourth-order valence-corrected chi connectivity index (χ4v) is 8.71. The molecule has 2 rings (SSSR count). The number of ether oxygens (including phenoxy) is 10. The van der Waals surface area contributed by atoms with Gasteiger partial charge < -0.3 is 122 Å². The van der Waals surface area contributed by atoms with Crippen molar-refractivity contribution in [3.63, 3.8) is 0 Å². The summed E-state index contributed by atoms with van der Waals surface area (Å²) in [5.41, 5.74) is 13.7. The SMILES string of the molecule is CN[C@@H](CCCCNC(=O)c1ccc(/C(C)=N\OCCCCNC(=O)CCCOC(COC(=O)NCCOC)COC(=O)NCCOC)cc1)C(N)=O.CN[C@@H](CCCCNC(=O)c1ccc(C(C)=O)cc1)C(N)=O.COCCNC(=O)OCC(COC(=O)NCCOC)OCCCC(=O)NCCCCON. The van der Waals surface area contributed by atoms with Crippen LogP contribution in [0, 0.1) is 0 Å². The van der Waals surface area contributed by atoms with Crippen LogP contribution in [0.5, 0.6) is 0 Å². The Balaban J connectivity index is 0.00000175. The molecule has 0 aromatic heterocycles. The number of likely N-dealkylation sites (N-methyl/N-ethyl adjacent to an activating group) is 2. The molecule has 0 bridgehead atoms. The number of benzene rings is 2. The first kappa shape index (κ1) is 98.1. The Kier molecular flexibility index (Phi) is 61.0. The van der Waals surface area contributed by atoms with E-state index in [2.05, 4.69) is 63.2 Å². The Morgan fingerprint density at radius 3 is 1.04 bits per heavy atom. The number of carbonyl (C=O) groups is 11. The molecule has 608 valence electrons. The van der Waals surface area contributed by atoms with Gasteiger partial charge in [0.1, 0.15) is 45.2 Å². The molecule has 107 heavy (non-hydrogen) atoms.